The fourth-order valence-electron chi connectivity index (χ4n) is 1.84. The molecule has 1 fully saturated rings. The lowest BCUT2D eigenvalue weighted by Crippen LogP contribution is -2.48. The molecule has 0 aliphatic carbocycles. The van der Waals surface area contributed by atoms with Gasteiger partial charge in [0.1, 0.15) is 11.8 Å². The average molecular weight is 217 g/mol. The van der Waals surface area contributed by atoms with Crippen molar-refractivity contribution >= 4 is 5.95 Å². The summed E-state index contributed by atoms with van der Waals surface area (Å²) in [6.45, 7) is 3.83. The van der Waals surface area contributed by atoms with Gasteiger partial charge in [-0.2, -0.15) is 5.26 Å². The van der Waals surface area contributed by atoms with Gasteiger partial charge in [0.25, 0.3) is 0 Å². The molecule has 0 bridgehead atoms. The second-order valence-corrected chi connectivity index (χ2v) is 4.23. The van der Waals surface area contributed by atoms with Crippen LogP contribution in [-0.2, 0) is 0 Å². The summed E-state index contributed by atoms with van der Waals surface area (Å²) in [6, 6.07) is 3.78. The summed E-state index contributed by atoms with van der Waals surface area (Å²) < 4.78 is 0. The normalized spacial score (nSPS) is 25.2. The van der Waals surface area contributed by atoms with E-state index in [0.29, 0.717) is 17.6 Å². The molecule has 1 aromatic heterocycles. The molecule has 2 unspecified atom stereocenters. The van der Waals surface area contributed by atoms with E-state index >= 15 is 0 Å². The first-order valence-corrected chi connectivity index (χ1v) is 5.44. The van der Waals surface area contributed by atoms with Crippen molar-refractivity contribution < 1.29 is 0 Å². The highest BCUT2D eigenvalue weighted by Gasteiger charge is 2.24. The fraction of sp³-hybridized carbons (Fsp3) is 0.545. The van der Waals surface area contributed by atoms with Crippen molar-refractivity contribution in [3.05, 3.63) is 18.0 Å². The minimum atomic E-state index is 0.156. The molecule has 2 N–H and O–H groups in total. The van der Waals surface area contributed by atoms with Gasteiger partial charge in [0.05, 0.1) is 0 Å². The van der Waals surface area contributed by atoms with E-state index in [1.165, 1.54) is 0 Å². The van der Waals surface area contributed by atoms with Gasteiger partial charge in [-0.25, -0.2) is 9.97 Å². The number of hydrogen-bond acceptors (Lipinski definition) is 5. The van der Waals surface area contributed by atoms with E-state index in [1.54, 1.807) is 12.3 Å². The maximum Gasteiger partial charge on any atom is 0.226 e. The summed E-state index contributed by atoms with van der Waals surface area (Å²) >= 11 is 0. The Morgan fingerprint density at radius 1 is 1.62 bits per heavy atom. The lowest BCUT2D eigenvalue weighted by molar-refractivity contribution is 0.376. The third kappa shape index (κ3) is 2.12. The van der Waals surface area contributed by atoms with E-state index in [-0.39, 0.29) is 6.04 Å². The summed E-state index contributed by atoms with van der Waals surface area (Å²) in [6.07, 6.45) is 2.66. The molecule has 2 heterocycles. The molecule has 1 aliphatic rings. The Bertz CT molecular complexity index is 411. The highest BCUT2D eigenvalue weighted by Crippen LogP contribution is 2.19. The summed E-state index contributed by atoms with van der Waals surface area (Å²) in [4.78, 5) is 10.4. The quantitative estimate of drug-likeness (QED) is 0.742. The van der Waals surface area contributed by atoms with Crippen LogP contribution in [0.2, 0.25) is 0 Å². The first-order chi connectivity index (χ1) is 7.70. The number of rotatable bonds is 1. The van der Waals surface area contributed by atoms with Crippen molar-refractivity contribution in [1.82, 2.24) is 9.97 Å². The average Bonchev–Trinajstić information content (AvgIpc) is 2.33. The van der Waals surface area contributed by atoms with E-state index < -0.39 is 0 Å². The van der Waals surface area contributed by atoms with Gasteiger partial charge in [0, 0.05) is 25.3 Å². The number of nitriles is 1. The van der Waals surface area contributed by atoms with Crippen molar-refractivity contribution in [2.45, 2.75) is 19.4 Å². The second-order valence-electron chi connectivity index (χ2n) is 4.23. The zero-order chi connectivity index (χ0) is 11.5. The number of hydrogen-bond donors (Lipinski definition) is 1. The van der Waals surface area contributed by atoms with Gasteiger partial charge in [-0.05, 0) is 18.4 Å². The van der Waals surface area contributed by atoms with Crippen molar-refractivity contribution in [1.29, 1.82) is 5.26 Å². The van der Waals surface area contributed by atoms with Crippen LogP contribution in [0.4, 0.5) is 5.95 Å². The van der Waals surface area contributed by atoms with Crippen molar-refractivity contribution in [2.24, 2.45) is 11.7 Å². The summed E-state index contributed by atoms with van der Waals surface area (Å²) in [5.74, 6) is 1.15. The first-order valence-electron chi connectivity index (χ1n) is 5.44. The molecular formula is C11H15N5. The lowest BCUT2D eigenvalue weighted by Gasteiger charge is -2.34. The van der Waals surface area contributed by atoms with Crippen LogP contribution in [0.25, 0.3) is 0 Å². The zero-order valence-electron chi connectivity index (χ0n) is 9.30. The van der Waals surface area contributed by atoms with Crippen LogP contribution in [-0.4, -0.2) is 29.1 Å². The van der Waals surface area contributed by atoms with Crippen LogP contribution < -0.4 is 10.6 Å². The maximum absolute atomic E-state index is 8.77. The molecule has 1 saturated heterocycles. The van der Waals surface area contributed by atoms with Crippen LogP contribution in [0.1, 0.15) is 19.0 Å². The third-order valence-corrected chi connectivity index (χ3v) is 3.06. The van der Waals surface area contributed by atoms with Gasteiger partial charge in [-0.1, -0.05) is 6.92 Å². The van der Waals surface area contributed by atoms with E-state index in [9.17, 15) is 0 Å². The Hall–Kier alpha value is -1.67. The molecule has 1 aliphatic heterocycles. The van der Waals surface area contributed by atoms with E-state index in [1.807, 2.05) is 11.0 Å². The van der Waals surface area contributed by atoms with Gasteiger partial charge in [0.15, 0.2) is 0 Å². The van der Waals surface area contributed by atoms with Gasteiger partial charge in [-0.15, -0.1) is 0 Å². The molecule has 0 aromatic carbocycles. The molecule has 1 aromatic rings. The number of nitrogens with zero attached hydrogens (tertiary/aromatic N) is 4. The standard InChI is InChI=1S/C11H15N5/c1-8-3-5-16(7-10(8)13)11-14-4-2-9(6-12)15-11/h2,4,8,10H,3,5,7,13H2,1H3. The fourth-order valence-corrected chi connectivity index (χ4v) is 1.84. The van der Waals surface area contributed by atoms with Crippen molar-refractivity contribution in [2.75, 3.05) is 18.0 Å². The molecular weight excluding hydrogens is 202 g/mol. The summed E-state index contributed by atoms with van der Waals surface area (Å²) in [5, 5.41) is 8.77. The molecule has 5 nitrogen and oxygen atoms in total. The summed E-state index contributed by atoms with van der Waals surface area (Å²) in [5.41, 5.74) is 6.41. The minimum absolute atomic E-state index is 0.156. The van der Waals surface area contributed by atoms with Crippen molar-refractivity contribution in [3.63, 3.8) is 0 Å². The second kappa shape index (κ2) is 4.45. The molecule has 0 saturated carbocycles. The van der Waals surface area contributed by atoms with E-state index in [0.717, 1.165) is 19.5 Å². The minimum Gasteiger partial charge on any atom is -0.339 e. The summed E-state index contributed by atoms with van der Waals surface area (Å²) in [7, 11) is 0. The molecule has 0 radical (unpaired) electrons. The Kier molecular flexibility index (Phi) is 3.02. The number of anilines is 1. The molecule has 0 amide bonds. The molecule has 2 atom stereocenters. The Morgan fingerprint density at radius 2 is 2.44 bits per heavy atom. The Labute approximate surface area is 94.9 Å². The highest BCUT2D eigenvalue weighted by atomic mass is 15.3. The predicted molar refractivity (Wildman–Crippen MR) is 60.7 cm³/mol. The molecule has 0 spiro atoms. The van der Waals surface area contributed by atoms with Crippen LogP contribution in [0.3, 0.4) is 0 Å². The van der Waals surface area contributed by atoms with Crippen LogP contribution in [0, 0.1) is 17.2 Å². The lowest BCUT2D eigenvalue weighted by atomic mass is 9.94. The van der Waals surface area contributed by atoms with Crippen molar-refractivity contribution in [3.8, 4) is 6.07 Å². The third-order valence-electron chi connectivity index (χ3n) is 3.06. The van der Waals surface area contributed by atoms with Gasteiger partial charge in [0.2, 0.25) is 5.95 Å². The number of nitrogens with two attached hydrogens (primary N) is 1. The molecule has 2 rings (SSSR count). The van der Waals surface area contributed by atoms with Gasteiger partial charge >= 0.3 is 0 Å². The Morgan fingerprint density at radius 3 is 3.12 bits per heavy atom. The highest BCUT2D eigenvalue weighted by molar-refractivity contribution is 5.34. The van der Waals surface area contributed by atoms with Crippen LogP contribution in [0.5, 0.6) is 0 Å². The Balaban J connectivity index is 2.16. The number of aromatic nitrogens is 2. The van der Waals surface area contributed by atoms with Crippen LogP contribution in [0.15, 0.2) is 12.3 Å². The SMILES string of the molecule is CC1CCN(c2nccc(C#N)n2)CC1N. The largest absolute Gasteiger partial charge is 0.339 e. The van der Waals surface area contributed by atoms with Crippen LogP contribution >= 0.6 is 0 Å². The molecule has 84 valence electrons. The zero-order valence-corrected chi connectivity index (χ0v) is 9.30. The number of piperidine rings is 1. The predicted octanol–water partition coefficient (Wildman–Crippen LogP) is 0.522. The topological polar surface area (TPSA) is 78.8 Å². The molecule has 16 heavy (non-hydrogen) atoms. The first kappa shape index (κ1) is 10.8. The smallest absolute Gasteiger partial charge is 0.226 e. The van der Waals surface area contributed by atoms with E-state index in [2.05, 4.69) is 16.9 Å². The molecule has 5 heteroatoms. The van der Waals surface area contributed by atoms with Gasteiger partial charge in [-0.3, -0.25) is 0 Å². The van der Waals surface area contributed by atoms with Gasteiger partial charge < -0.3 is 10.6 Å². The monoisotopic (exact) mass is 217 g/mol. The maximum atomic E-state index is 8.77. The van der Waals surface area contributed by atoms with E-state index in [4.69, 9.17) is 11.0 Å².